The van der Waals surface area contributed by atoms with Crippen molar-refractivity contribution in [2.75, 3.05) is 6.54 Å². The van der Waals surface area contributed by atoms with Gasteiger partial charge in [0.15, 0.2) is 0 Å². The highest BCUT2D eigenvalue weighted by Gasteiger charge is 2.24. The zero-order valence-corrected chi connectivity index (χ0v) is 25.9. The lowest BCUT2D eigenvalue weighted by atomic mass is 9.76. The van der Waals surface area contributed by atoms with Crippen molar-refractivity contribution in [2.24, 2.45) is 11.7 Å². The van der Waals surface area contributed by atoms with E-state index in [2.05, 4.69) is 99.3 Å². The fourth-order valence-corrected chi connectivity index (χ4v) is 7.17. The third-order valence-corrected chi connectivity index (χ3v) is 9.59. The van der Waals surface area contributed by atoms with Gasteiger partial charge in [0.1, 0.15) is 0 Å². The molecule has 3 aliphatic rings. The van der Waals surface area contributed by atoms with Crippen molar-refractivity contribution in [1.82, 2.24) is 0 Å². The summed E-state index contributed by atoms with van der Waals surface area (Å²) < 4.78 is 0. The van der Waals surface area contributed by atoms with E-state index in [0.717, 1.165) is 32.1 Å². The standard InChI is InChI=1S/C41H49N/c1-4-7-8-12-30(6-3)31-19-23-35(24-20-31)38-27-28-39(41-14-10-9-13-40(38)41)36-25-21-33(22-26-36)32-15-17-34(18-16-32)37(29-42)11-5-2/h5,9-15,17,19-21,23-24,36H,2,4,6-8,16,18,22,25-29,42H2,1,3H3/b30-12+,37-11+. The van der Waals surface area contributed by atoms with Crippen molar-refractivity contribution in [3.05, 3.63) is 135 Å². The van der Waals surface area contributed by atoms with Crippen LogP contribution in [-0.2, 0) is 0 Å². The molecule has 0 amide bonds. The SMILES string of the molecule is C=C/C=C(\CN)C1=CC=C(C2=CCC(C3=c4ccccc4=C(c4ccc(/C(=C/CCCC)CC)cc4)CC3)CC2)CC1. The lowest BCUT2D eigenvalue weighted by molar-refractivity contribution is 0.565. The molecule has 0 aromatic heterocycles. The van der Waals surface area contributed by atoms with Crippen LogP contribution in [0.4, 0.5) is 0 Å². The second-order valence-corrected chi connectivity index (χ2v) is 12.1. The Morgan fingerprint density at radius 1 is 0.881 bits per heavy atom. The van der Waals surface area contributed by atoms with Crippen LogP contribution in [0.3, 0.4) is 0 Å². The maximum absolute atomic E-state index is 5.97. The Balaban J connectivity index is 1.38. The molecule has 0 saturated heterocycles. The smallest absolute Gasteiger partial charge is 0.0180 e. The second kappa shape index (κ2) is 14.7. The molecule has 5 rings (SSSR count). The molecule has 1 heteroatoms. The van der Waals surface area contributed by atoms with Crippen LogP contribution >= 0.6 is 0 Å². The third kappa shape index (κ3) is 6.79. The number of benzene rings is 2. The van der Waals surface area contributed by atoms with Crippen molar-refractivity contribution in [3.63, 3.8) is 0 Å². The summed E-state index contributed by atoms with van der Waals surface area (Å²) in [7, 11) is 0. The van der Waals surface area contributed by atoms with Gasteiger partial charge in [-0.15, -0.1) is 0 Å². The van der Waals surface area contributed by atoms with Crippen LogP contribution in [0.2, 0.25) is 0 Å². The molecular weight excluding hydrogens is 506 g/mol. The van der Waals surface area contributed by atoms with Crippen LogP contribution in [0, 0.1) is 5.92 Å². The van der Waals surface area contributed by atoms with Gasteiger partial charge in [-0.25, -0.2) is 0 Å². The summed E-state index contributed by atoms with van der Waals surface area (Å²) in [5, 5.41) is 2.94. The molecule has 42 heavy (non-hydrogen) atoms. The second-order valence-electron chi connectivity index (χ2n) is 12.1. The number of rotatable bonds is 11. The van der Waals surface area contributed by atoms with Crippen LogP contribution in [0.5, 0.6) is 0 Å². The van der Waals surface area contributed by atoms with Gasteiger partial charge in [0.05, 0.1) is 0 Å². The van der Waals surface area contributed by atoms with Crippen LogP contribution in [0.15, 0.2) is 114 Å². The molecule has 0 bridgehead atoms. The maximum Gasteiger partial charge on any atom is 0.0180 e. The molecule has 2 N–H and O–H groups in total. The van der Waals surface area contributed by atoms with E-state index < -0.39 is 0 Å². The molecule has 3 aliphatic carbocycles. The molecule has 1 nitrogen and oxygen atoms in total. The predicted octanol–water partition coefficient (Wildman–Crippen LogP) is 9.26. The van der Waals surface area contributed by atoms with E-state index in [9.17, 15) is 0 Å². The fourth-order valence-electron chi connectivity index (χ4n) is 7.17. The Hall–Kier alpha value is -3.42. The van der Waals surface area contributed by atoms with Gasteiger partial charge in [-0.05, 0) is 119 Å². The molecular formula is C41H49N. The molecule has 1 atom stereocenters. The summed E-state index contributed by atoms with van der Waals surface area (Å²) in [6.45, 7) is 8.96. The van der Waals surface area contributed by atoms with Crippen molar-refractivity contribution >= 4 is 16.7 Å². The summed E-state index contributed by atoms with van der Waals surface area (Å²) >= 11 is 0. The van der Waals surface area contributed by atoms with E-state index >= 15 is 0 Å². The Bertz CT molecular complexity index is 1550. The van der Waals surface area contributed by atoms with E-state index in [1.165, 1.54) is 88.0 Å². The normalized spacial score (nSPS) is 19.6. The van der Waals surface area contributed by atoms with Gasteiger partial charge in [0, 0.05) is 6.54 Å². The number of fused-ring (bicyclic) bond motifs is 1. The van der Waals surface area contributed by atoms with E-state index in [4.69, 9.17) is 5.73 Å². The van der Waals surface area contributed by atoms with Crippen LogP contribution in [0.1, 0.15) is 95.6 Å². The number of unbranched alkanes of at least 4 members (excludes halogenated alkanes) is 2. The highest BCUT2D eigenvalue weighted by molar-refractivity contribution is 5.73. The molecule has 0 heterocycles. The first-order valence-electron chi connectivity index (χ1n) is 16.4. The fraction of sp³-hybridized carbons (Fsp3) is 0.366. The average molecular weight is 556 g/mol. The minimum atomic E-state index is 0.576. The van der Waals surface area contributed by atoms with Gasteiger partial charge < -0.3 is 5.73 Å². The Morgan fingerprint density at radius 2 is 1.69 bits per heavy atom. The molecule has 0 spiro atoms. The van der Waals surface area contributed by atoms with Crippen LogP contribution in [0.25, 0.3) is 16.7 Å². The van der Waals surface area contributed by atoms with Gasteiger partial charge in [-0.1, -0.05) is 124 Å². The van der Waals surface area contributed by atoms with Gasteiger partial charge >= 0.3 is 0 Å². The zero-order chi connectivity index (χ0) is 29.3. The first-order valence-corrected chi connectivity index (χ1v) is 16.4. The minimum Gasteiger partial charge on any atom is -0.326 e. The molecule has 0 saturated carbocycles. The lowest BCUT2D eigenvalue weighted by Gasteiger charge is -2.29. The molecule has 0 fully saturated rings. The largest absolute Gasteiger partial charge is 0.326 e. The maximum atomic E-state index is 5.97. The number of allylic oxidation sites excluding steroid dienone is 9. The highest BCUT2D eigenvalue weighted by Crippen LogP contribution is 2.38. The molecule has 218 valence electrons. The molecule has 0 radical (unpaired) electrons. The van der Waals surface area contributed by atoms with E-state index in [-0.39, 0.29) is 0 Å². The first kappa shape index (κ1) is 30.1. The van der Waals surface area contributed by atoms with Crippen molar-refractivity contribution in [2.45, 2.75) is 84.5 Å². The van der Waals surface area contributed by atoms with Gasteiger partial charge in [0.2, 0.25) is 0 Å². The van der Waals surface area contributed by atoms with Crippen molar-refractivity contribution in [3.8, 4) is 0 Å². The van der Waals surface area contributed by atoms with Gasteiger partial charge in [-0.3, -0.25) is 0 Å². The Labute approximate surface area is 254 Å². The van der Waals surface area contributed by atoms with Crippen LogP contribution < -0.4 is 16.2 Å². The lowest BCUT2D eigenvalue weighted by Crippen LogP contribution is -2.34. The quantitative estimate of drug-likeness (QED) is 0.217. The monoisotopic (exact) mass is 555 g/mol. The number of hydrogen-bond acceptors (Lipinski definition) is 1. The number of nitrogens with two attached hydrogens (primary N) is 1. The molecule has 1 unspecified atom stereocenters. The Morgan fingerprint density at radius 3 is 2.33 bits per heavy atom. The summed E-state index contributed by atoms with van der Waals surface area (Å²) in [4.78, 5) is 0. The number of hydrogen-bond donors (Lipinski definition) is 1. The first-order chi connectivity index (χ1) is 20.7. The van der Waals surface area contributed by atoms with E-state index in [1.807, 2.05) is 6.08 Å². The van der Waals surface area contributed by atoms with Gasteiger partial charge in [-0.2, -0.15) is 0 Å². The summed E-state index contributed by atoms with van der Waals surface area (Å²) in [5.41, 5.74) is 19.1. The molecule has 2 aromatic rings. The topological polar surface area (TPSA) is 26.0 Å². The molecule has 0 aliphatic heterocycles. The predicted molar refractivity (Wildman–Crippen MR) is 183 cm³/mol. The van der Waals surface area contributed by atoms with E-state index in [0.29, 0.717) is 12.5 Å². The van der Waals surface area contributed by atoms with Crippen molar-refractivity contribution < 1.29 is 0 Å². The summed E-state index contributed by atoms with van der Waals surface area (Å²) in [6, 6.07) is 18.6. The summed E-state index contributed by atoms with van der Waals surface area (Å²) in [5.74, 6) is 0.647. The highest BCUT2D eigenvalue weighted by atomic mass is 14.5. The molecule has 2 aromatic carbocycles. The van der Waals surface area contributed by atoms with Crippen molar-refractivity contribution in [1.29, 1.82) is 0 Å². The van der Waals surface area contributed by atoms with E-state index in [1.54, 1.807) is 11.1 Å². The Kier molecular flexibility index (Phi) is 10.5. The van der Waals surface area contributed by atoms with Gasteiger partial charge in [0.25, 0.3) is 0 Å². The third-order valence-electron chi connectivity index (χ3n) is 9.59. The zero-order valence-electron chi connectivity index (χ0n) is 25.9. The summed E-state index contributed by atoms with van der Waals surface area (Å²) in [6.07, 6.45) is 26.4. The average Bonchev–Trinajstić information content (AvgIpc) is 3.05. The van der Waals surface area contributed by atoms with Crippen LogP contribution in [-0.4, -0.2) is 6.54 Å². The minimum absolute atomic E-state index is 0.576.